The number of hydrazone groups is 1. The largest absolute Gasteiger partial charge is 0.421 e. The van der Waals surface area contributed by atoms with Crippen molar-refractivity contribution in [2.75, 3.05) is 12.1 Å². The zero-order valence-electron chi connectivity index (χ0n) is 15.8. The predicted molar refractivity (Wildman–Crippen MR) is 113 cm³/mol. The van der Waals surface area contributed by atoms with Crippen LogP contribution in [0.3, 0.4) is 0 Å². The first-order valence-electron chi connectivity index (χ1n) is 9.09. The molecule has 3 aromatic carbocycles. The van der Waals surface area contributed by atoms with E-state index in [9.17, 15) is 4.79 Å². The van der Waals surface area contributed by atoms with E-state index >= 15 is 0 Å². The van der Waals surface area contributed by atoms with Crippen molar-refractivity contribution in [1.82, 2.24) is 0 Å². The molecule has 0 atom stereocenters. The van der Waals surface area contributed by atoms with Crippen LogP contribution >= 0.6 is 0 Å². The summed E-state index contributed by atoms with van der Waals surface area (Å²) >= 11 is 0. The fraction of sp³-hybridized carbons (Fsp3) is 0.0833. The van der Waals surface area contributed by atoms with E-state index in [0.29, 0.717) is 5.76 Å². The SMILES string of the molecule is Cc1ccc(N(C)/N=C2\C=C(c3ccc(-c4ccccc4)cc3)OC2=O)cc1. The molecule has 0 spiro atoms. The summed E-state index contributed by atoms with van der Waals surface area (Å²) in [7, 11) is 1.81. The van der Waals surface area contributed by atoms with Crippen LogP contribution in [0.25, 0.3) is 16.9 Å². The van der Waals surface area contributed by atoms with Gasteiger partial charge in [0, 0.05) is 18.7 Å². The number of anilines is 1. The van der Waals surface area contributed by atoms with E-state index in [0.717, 1.165) is 22.4 Å². The lowest BCUT2D eigenvalue weighted by atomic mass is 10.0. The summed E-state index contributed by atoms with van der Waals surface area (Å²) in [4.78, 5) is 12.2. The van der Waals surface area contributed by atoms with Gasteiger partial charge in [-0.25, -0.2) is 4.79 Å². The van der Waals surface area contributed by atoms with Gasteiger partial charge in [-0.05, 0) is 30.2 Å². The molecule has 4 rings (SSSR count). The molecule has 3 aromatic rings. The normalized spacial score (nSPS) is 14.7. The van der Waals surface area contributed by atoms with Crippen LogP contribution < -0.4 is 5.01 Å². The number of hydrogen-bond donors (Lipinski definition) is 0. The number of esters is 1. The Morgan fingerprint density at radius 2 is 1.39 bits per heavy atom. The molecule has 0 N–H and O–H groups in total. The molecule has 1 aliphatic rings. The third-order valence-electron chi connectivity index (χ3n) is 4.62. The van der Waals surface area contributed by atoms with E-state index in [1.54, 1.807) is 11.1 Å². The highest BCUT2D eigenvalue weighted by atomic mass is 16.5. The molecule has 28 heavy (non-hydrogen) atoms. The second-order valence-electron chi connectivity index (χ2n) is 6.69. The molecular formula is C24H20N2O2. The third-order valence-corrected chi connectivity index (χ3v) is 4.62. The lowest BCUT2D eigenvalue weighted by Gasteiger charge is -2.13. The highest BCUT2D eigenvalue weighted by molar-refractivity contribution is 6.45. The Labute approximate surface area is 164 Å². The van der Waals surface area contributed by atoms with Crippen LogP contribution in [0.2, 0.25) is 0 Å². The maximum Gasteiger partial charge on any atom is 0.364 e. The van der Waals surface area contributed by atoms with E-state index in [2.05, 4.69) is 17.2 Å². The van der Waals surface area contributed by atoms with Crippen molar-refractivity contribution in [3.05, 3.63) is 96.1 Å². The smallest absolute Gasteiger partial charge is 0.364 e. The van der Waals surface area contributed by atoms with Crippen molar-refractivity contribution in [2.45, 2.75) is 6.92 Å². The highest BCUT2D eigenvalue weighted by Gasteiger charge is 2.24. The van der Waals surface area contributed by atoms with Gasteiger partial charge in [0.05, 0.1) is 5.69 Å². The van der Waals surface area contributed by atoms with Crippen LogP contribution in [0.1, 0.15) is 11.1 Å². The number of aryl methyl sites for hydroxylation is 1. The van der Waals surface area contributed by atoms with Crippen LogP contribution in [0.4, 0.5) is 5.69 Å². The van der Waals surface area contributed by atoms with Gasteiger partial charge in [-0.2, -0.15) is 5.10 Å². The summed E-state index contributed by atoms with van der Waals surface area (Å²) < 4.78 is 5.43. The minimum atomic E-state index is -0.443. The first kappa shape index (κ1) is 17.7. The summed E-state index contributed by atoms with van der Waals surface area (Å²) in [5, 5.41) is 6.07. The molecule has 0 fully saturated rings. The molecule has 0 unspecified atom stereocenters. The monoisotopic (exact) mass is 368 g/mol. The summed E-state index contributed by atoms with van der Waals surface area (Å²) in [6.45, 7) is 2.03. The standard InChI is InChI=1S/C24H20N2O2/c1-17-8-14-21(15-9-17)26(2)25-22-16-23(28-24(22)27)20-12-10-19(11-13-20)18-6-4-3-5-7-18/h3-16H,1-2H3/b25-22+. The van der Waals surface area contributed by atoms with Crippen molar-refractivity contribution in [2.24, 2.45) is 5.10 Å². The van der Waals surface area contributed by atoms with E-state index in [1.807, 2.05) is 80.7 Å². The zero-order valence-corrected chi connectivity index (χ0v) is 15.8. The van der Waals surface area contributed by atoms with Gasteiger partial charge in [-0.1, -0.05) is 72.3 Å². The number of cyclic esters (lactones) is 1. The molecule has 4 nitrogen and oxygen atoms in total. The van der Waals surface area contributed by atoms with Crippen LogP contribution in [-0.2, 0) is 9.53 Å². The van der Waals surface area contributed by atoms with E-state index in [-0.39, 0.29) is 5.71 Å². The van der Waals surface area contributed by atoms with E-state index in [1.165, 1.54) is 5.56 Å². The van der Waals surface area contributed by atoms with E-state index < -0.39 is 5.97 Å². The molecule has 0 saturated heterocycles. The van der Waals surface area contributed by atoms with Gasteiger partial charge in [0.1, 0.15) is 5.76 Å². The van der Waals surface area contributed by atoms with Gasteiger partial charge < -0.3 is 4.74 Å². The Bertz CT molecular complexity index is 1050. The van der Waals surface area contributed by atoms with Gasteiger partial charge >= 0.3 is 5.97 Å². The Morgan fingerprint density at radius 3 is 2.07 bits per heavy atom. The summed E-state index contributed by atoms with van der Waals surface area (Å²) in [5.41, 5.74) is 5.46. The lowest BCUT2D eigenvalue weighted by Crippen LogP contribution is -2.16. The Hall–Kier alpha value is -3.66. The maximum absolute atomic E-state index is 12.2. The molecule has 0 aliphatic carbocycles. The second kappa shape index (κ2) is 7.53. The minimum Gasteiger partial charge on any atom is -0.421 e. The number of rotatable bonds is 4. The van der Waals surface area contributed by atoms with Crippen LogP contribution in [-0.4, -0.2) is 18.7 Å². The molecule has 0 saturated carbocycles. The fourth-order valence-electron chi connectivity index (χ4n) is 3.01. The Kier molecular flexibility index (Phi) is 4.77. The quantitative estimate of drug-likeness (QED) is 0.478. The number of ether oxygens (including phenoxy) is 1. The predicted octanol–water partition coefficient (Wildman–Crippen LogP) is 5.05. The molecule has 4 heteroatoms. The molecule has 0 amide bonds. The Morgan fingerprint density at radius 1 is 0.786 bits per heavy atom. The topological polar surface area (TPSA) is 41.9 Å². The Balaban J connectivity index is 1.56. The maximum atomic E-state index is 12.2. The first-order chi connectivity index (χ1) is 13.6. The van der Waals surface area contributed by atoms with Gasteiger partial charge in [-0.3, -0.25) is 5.01 Å². The first-order valence-corrected chi connectivity index (χ1v) is 9.09. The van der Waals surface area contributed by atoms with Gasteiger partial charge in [0.15, 0.2) is 5.71 Å². The van der Waals surface area contributed by atoms with Crippen molar-refractivity contribution in [3.8, 4) is 11.1 Å². The van der Waals surface area contributed by atoms with Gasteiger partial charge in [0.2, 0.25) is 0 Å². The molecule has 1 aliphatic heterocycles. The van der Waals surface area contributed by atoms with Gasteiger partial charge in [0.25, 0.3) is 0 Å². The minimum absolute atomic E-state index is 0.283. The average molecular weight is 368 g/mol. The van der Waals surface area contributed by atoms with Crippen molar-refractivity contribution < 1.29 is 9.53 Å². The van der Waals surface area contributed by atoms with Crippen molar-refractivity contribution in [3.63, 3.8) is 0 Å². The number of carbonyl (C=O) groups is 1. The highest BCUT2D eigenvalue weighted by Crippen LogP contribution is 2.26. The number of hydrogen-bond acceptors (Lipinski definition) is 4. The van der Waals surface area contributed by atoms with Crippen LogP contribution in [0.5, 0.6) is 0 Å². The number of benzene rings is 3. The molecule has 0 bridgehead atoms. The molecule has 0 aromatic heterocycles. The zero-order chi connectivity index (χ0) is 19.5. The van der Waals surface area contributed by atoms with Crippen molar-refractivity contribution >= 4 is 23.1 Å². The molecule has 1 heterocycles. The summed E-state index contributed by atoms with van der Waals surface area (Å²) in [6, 6.07) is 26.0. The third kappa shape index (κ3) is 3.71. The lowest BCUT2D eigenvalue weighted by molar-refractivity contribution is -0.128. The molecule has 0 radical (unpaired) electrons. The van der Waals surface area contributed by atoms with Gasteiger partial charge in [-0.15, -0.1) is 0 Å². The van der Waals surface area contributed by atoms with Crippen molar-refractivity contribution in [1.29, 1.82) is 0 Å². The summed E-state index contributed by atoms with van der Waals surface area (Å²) in [6.07, 6.45) is 1.69. The molecular weight excluding hydrogens is 348 g/mol. The van der Waals surface area contributed by atoms with Crippen LogP contribution in [0, 0.1) is 6.92 Å². The number of carbonyl (C=O) groups excluding carboxylic acids is 1. The number of nitrogens with zero attached hydrogens (tertiary/aromatic N) is 2. The summed E-state index contributed by atoms with van der Waals surface area (Å²) in [5.74, 6) is 0.0711. The fourth-order valence-corrected chi connectivity index (χ4v) is 3.01. The average Bonchev–Trinajstić information content (AvgIpc) is 3.09. The van der Waals surface area contributed by atoms with Crippen LogP contribution in [0.15, 0.2) is 90.0 Å². The second-order valence-corrected chi connectivity index (χ2v) is 6.69. The van der Waals surface area contributed by atoms with E-state index in [4.69, 9.17) is 4.74 Å². The molecule has 138 valence electrons.